The minimum absolute atomic E-state index is 0.443. The molecule has 0 aliphatic carbocycles. The average Bonchev–Trinajstić information content (AvgIpc) is 2.61. The van der Waals surface area contributed by atoms with Crippen LogP contribution in [0.4, 0.5) is 5.69 Å². The van der Waals surface area contributed by atoms with Crippen LogP contribution in [0.2, 0.25) is 0 Å². The number of nitrogens with one attached hydrogen (secondary N) is 2. The SMILES string of the molecule is Brc1ccccc1NC1CCCN1. The molecule has 3 heteroatoms. The van der Waals surface area contributed by atoms with Gasteiger partial charge in [0.2, 0.25) is 0 Å². The zero-order valence-corrected chi connectivity index (χ0v) is 8.97. The third kappa shape index (κ3) is 2.23. The predicted octanol–water partition coefficient (Wildman–Crippen LogP) is 2.57. The maximum atomic E-state index is 3.51. The molecule has 1 aliphatic rings. The number of benzene rings is 1. The Bertz CT molecular complexity index is 282. The molecular formula is C10H13BrN2. The van der Waals surface area contributed by atoms with Crippen molar-refractivity contribution in [2.45, 2.75) is 19.0 Å². The van der Waals surface area contributed by atoms with E-state index in [1.807, 2.05) is 12.1 Å². The van der Waals surface area contributed by atoms with Gasteiger partial charge in [-0.2, -0.15) is 0 Å². The van der Waals surface area contributed by atoms with E-state index in [2.05, 4.69) is 38.7 Å². The summed E-state index contributed by atoms with van der Waals surface area (Å²) >= 11 is 3.51. The number of para-hydroxylation sites is 1. The van der Waals surface area contributed by atoms with Crippen LogP contribution in [0.25, 0.3) is 0 Å². The molecule has 1 unspecified atom stereocenters. The summed E-state index contributed by atoms with van der Waals surface area (Å²) in [7, 11) is 0. The lowest BCUT2D eigenvalue weighted by molar-refractivity contribution is 0.679. The molecule has 1 atom stereocenters. The maximum Gasteiger partial charge on any atom is 0.0769 e. The van der Waals surface area contributed by atoms with Gasteiger partial charge in [-0.3, -0.25) is 5.32 Å². The molecular weight excluding hydrogens is 228 g/mol. The fraction of sp³-hybridized carbons (Fsp3) is 0.400. The minimum atomic E-state index is 0.443. The van der Waals surface area contributed by atoms with Gasteiger partial charge < -0.3 is 5.32 Å². The highest BCUT2D eigenvalue weighted by Crippen LogP contribution is 2.22. The minimum Gasteiger partial charge on any atom is -0.369 e. The van der Waals surface area contributed by atoms with Crippen molar-refractivity contribution in [2.24, 2.45) is 0 Å². The van der Waals surface area contributed by atoms with Crippen molar-refractivity contribution in [1.29, 1.82) is 0 Å². The van der Waals surface area contributed by atoms with Gasteiger partial charge >= 0.3 is 0 Å². The summed E-state index contributed by atoms with van der Waals surface area (Å²) in [5.41, 5.74) is 1.17. The van der Waals surface area contributed by atoms with E-state index in [4.69, 9.17) is 0 Å². The first-order chi connectivity index (χ1) is 6.36. The van der Waals surface area contributed by atoms with E-state index in [0.29, 0.717) is 6.17 Å². The quantitative estimate of drug-likeness (QED) is 0.831. The van der Waals surface area contributed by atoms with Gasteiger partial charge in [0.25, 0.3) is 0 Å². The molecule has 2 N–H and O–H groups in total. The Morgan fingerprint density at radius 2 is 2.23 bits per heavy atom. The average molecular weight is 241 g/mol. The van der Waals surface area contributed by atoms with Crippen molar-refractivity contribution in [1.82, 2.24) is 5.32 Å². The number of hydrogen-bond donors (Lipinski definition) is 2. The van der Waals surface area contributed by atoms with Crippen LogP contribution in [0.3, 0.4) is 0 Å². The Morgan fingerprint density at radius 1 is 1.38 bits per heavy atom. The standard InChI is InChI=1S/C10H13BrN2/c11-8-4-1-2-5-9(8)13-10-6-3-7-12-10/h1-2,4-5,10,12-13H,3,6-7H2. The smallest absolute Gasteiger partial charge is 0.0769 e. The van der Waals surface area contributed by atoms with Crippen molar-refractivity contribution in [3.63, 3.8) is 0 Å². The second-order valence-corrected chi connectivity index (χ2v) is 4.13. The second kappa shape index (κ2) is 4.11. The molecule has 1 heterocycles. The first-order valence-electron chi connectivity index (χ1n) is 4.61. The Morgan fingerprint density at radius 3 is 2.92 bits per heavy atom. The van der Waals surface area contributed by atoms with Crippen LogP contribution in [-0.4, -0.2) is 12.7 Å². The highest BCUT2D eigenvalue weighted by Gasteiger charge is 2.13. The number of rotatable bonds is 2. The van der Waals surface area contributed by atoms with Gasteiger partial charge in [-0.25, -0.2) is 0 Å². The molecule has 1 saturated heterocycles. The van der Waals surface area contributed by atoms with E-state index in [-0.39, 0.29) is 0 Å². The molecule has 0 saturated carbocycles. The summed E-state index contributed by atoms with van der Waals surface area (Å²) in [6.07, 6.45) is 2.92. The van der Waals surface area contributed by atoms with Crippen molar-refractivity contribution < 1.29 is 0 Å². The topological polar surface area (TPSA) is 24.1 Å². The third-order valence-electron chi connectivity index (χ3n) is 2.26. The van der Waals surface area contributed by atoms with E-state index >= 15 is 0 Å². The van der Waals surface area contributed by atoms with Gasteiger partial charge in [-0.05, 0) is 47.4 Å². The molecule has 70 valence electrons. The number of hydrogen-bond acceptors (Lipinski definition) is 2. The van der Waals surface area contributed by atoms with E-state index in [1.54, 1.807) is 0 Å². The van der Waals surface area contributed by atoms with Crippen molar-refractivity contribution in [3.05, 3.63) is 28.7 Å². The molecule has 1 fully saturated rings. The zero-order chi connectivity index (χ0) is 9.10. The van der Waals surface area contributed by atoms with E-state index in [0.717, 1.165) is 11.0 Å². The summed E-state index contributed by atoms with van der Waals surface area (Å²) in [5, 5.41) is 6.85. The van der Waals surface area contributed by atoms with Crippen LogP contribution >= 0.6 is 15.9 Å². The maximum absolute atomic E-state index is 3.51. The summed E-state index contributed by atoms with van der Waals surface area (Å²) in [6, 6.07) is 8.21. The molecule has 0 radical (unpaired) electrons. The lowest BCUT2D eigenvalue weighted by atomic mass is 10.3. The fourth-order valence-corrected chi connectivity index (χ4v) is 1.97. The van der Waals surface area contributed by atoms with Crippen molar-refractivity contribution in [3.8, 4) is 0 Å². The predicted molar refractivity (Wildman–Crippen MR) is 58.8 cm³/mol. The largest absolute Gasteiger partial charge is 0.369 e. The van der Waals surface area contributed by atoms with Crippen LogP contribution in [0.15, 0.2) is 28.7 Å². The third-order valence-corrected chi connectivity index (χ3v) is 2.96. The first kappa shape index (κ1) is 9.03. The lowest BCUT2D eigenvalue weighted by Gasteiger charge is -2.15. The Labute approximate surface area is 86.9 Å². The summed E-state index contributed by atoms with van der Waals surface area (Å²) < 4.78 is 1.13. The summed E-state index contributed by atoms with van der Waals surface area (Å²) in [4.78, 5) is 0. The lowest BCUT2D eigenvalue weighted by Crippen LogP contribution is -2.29. The van der Waals surface area contributed by atoms with E-state index in [9.17, 15) is 0 Å². The van der Waals surface area contributed by atoms with E-state index < -0.39 is 0 Å². The van der Waals surface area contributed by atoms with Crippen LogP contribution in [0, 0.1) is 0 Å². The highest BCUT2D eigenvalue weighted by molar-refractivity contribution is 9.10. The van der Waals surface area contributed by atoms with Crippen LogP contribution in [0.1, 0.15) is 12.8 Å². The van der Waals surface area contributed by atoms with Crippen molar-refractivity contribution >= 4 is 21.6 Å². The monoisotopic (exact) mass is 240 g/mol. The molecule has 1 aliphatic heterocycles. The van der Waals surface area contributed by atoms with Crippen molar-refractivity contribution in [2.75, 3.05) is 11.9 Å². The van der Waals surface area contributed by atoms with Gasteiger partial charge in [0.15, 0.2) is 0 Å². The molecule has 0 spiro atoms. The molecule has 13 heavy (non-hydrogen) atoms. The molecule has 1 aromatic carbocycles. The molecule has 0 bridgehead atoms. The summed E-state index contributed by atoms with van der Waals surface area (Å²) in [6.45, 7) is 1.13. The van der Waals surface area contributed by atoms with Gasteiger partial charge in [0.05, 0.1) is 6.17 Å². The molecule has 0 amide bonds. The Balaban J connectivity index is 2.04. The highest BCUT2D eigenvalue weighted by atomic mass is 79.9. The molecule has 2 rings (SSSR count). The van der Waals surface area contributed by atoms with Gasteiger partial charge in [0.1, 0.15) is 0 Å². The van der Waals surface area contributed by atoms with Gasteiger partial charge in [-0.1, -0.05) is 12.1 Å². The van der Waals surface area contributed by atoms with Crippen LogP contribution in [-0.2, 0) is 0 Å². The number of anilines is 1. The number of halogens is 1. The van der Waals surface area contributed by atoms with E-state index in [1.165, 1.54) is 18.5 Å². The normalized spacial score (nSPS) is 21.8. The van der Waals surface area contributed by atoms with Crippen LogP contribution in [0.5, 0.6) is 0 Å². The molecule has 1 aromatic rings. The van der Waals surface area contributed by atoms with Crippen LogP contribution < -0.4 is 10.6 Å². The Hall–Kier alpha value is -0.540. The Kier molecular flexibility index (Phi) is 2.86. The fourth-order valence-electron chi connectivity index (χ4n) is 1.57. The van der Waals surface area contributed by atoms with Gasteiger partial charge in [0, 0.05) is 10.2 Å². The molecule has 0 aromatic heterocycles. The molecule has 2 nitrogen and oxygen atoms in total. The zero-order valence-electron chi connectivity index (χ0n) is 7.39. The summed E-state index contributed by atoms with van der Waals surface area (Å²) in [5.74, 6) is 0. The first-order valence-corrected chi connectivity index (χ1v) is 5.40. The second-order valence-electron chi connectivity index (χ2n) is 3.27. The van der Waals surface area contributed by atoms with Gasteiger partial charge in [-0.15, -0.1) is 0 Å².